The van der Waals surface area contributed by atoms with Crippen molar-refractivity contribution in [1.82, 2.24) is 5.32 Å². The maximum absolute atomic E-state index is 10.7. The Balaban J connectivity index is 1.83. The maximum Gasteiger partial charge on any atom is 0.305 e. The highest BCUT2D eigenvalue weighted by Gasteiger charge is 2.26. The molecule has 0 radical (unpaired) electrons. The van der Waals surface area contributed by atoms with Crippen LogP contribution in [0.15, 0.2) is 0 Å². The van der Waals surface area contributed by atoms with Gasteiger partial charge in [0, 0.05) is 6.42 Å². The normalized spacial score (nSPS) is 25.6. The SMILES string of the molecule is COC(=O)CCCNCC1CC(O)C1. The van der Waals surface area contributed by atoms with Gasteiger partial charge in [-0.05, 0) is 38.3 Å². The fraction of sp³-hybridized carbons (Fsp3) is 0.900. The molecule has 1 saturated carbocycles. The van der Waals surface area contributed by atoms with E-state index < -0.39 is 0 Å². The zero-order valence-electron chi connectivity index (χ0n) is 8.66. The Hall–Kier alpha value is -0.610. The van der Waals surface area contributed by atoms with Crippen molar-refractivity contribution in [1.29, 1.82) is 0 Å². The largest absolute Gasteiger partial charge is 0.469 e. The van der Waals surface area contributed by atoms with Gasteiger partial charge in [-0.1, -0.05) is 0 Å². The summed E-state index contributed by atoms with van der Waals surface area (Å²) in [5.41, 5.74) is 0. The summed E-state index contributed by atoms with van der Waals surface area (Å²) in [7, 11) is 1.41. The Labute approximate surface area is 84.6 Å². The van der Waals surface area contributed by atoms with Gasteiger partial charge in [-0.3, -0.25) is 4.79 Å². The van der Waals surface area contributed by atoms with Crippen LogP contribution in [0, 0.1) is 5.92 Å². The van der Waals surface area contributed by atoms with Crippen molar-refractivity contribution in [3.63, 3.8) is 0 Å². The maximum atomic E-state index is 10.7. The summed E-state index contributed by atoms with van der Waals surface area (Å²) in [6, 6.07) is 0. The molecule has 0 spiro atoms. The zero-order valence-corrected chi connectivity index (χ0v) is 8.66. The van der Waals surface area contributed by atoms with Crippen molar-refractivity contribution in [3.8, 4) is 0 Å². The van der Waals surface area contributed by atoms with Crippen LogP contribution < -0.4 is 5.32 Å². The monoisotopic (exact) mass is 201 g/mol. The standard InChI is InChI=1S/C10H19NO3/c1-14-10(13)3-2-4-11-7-8-5-9(12)6-8/h8-9,11-12H,2-7H2,1H3. The lowest BCUT2D eigenvalue weighted by molar-refractivity contribution is -0.140. The average molecular weight is 201 g/mol. The molecule has 0 aromatic heterocycles. The van der Waals surface area contributed by atoms with E-state index >= 15 is 0 Å². The first kappa shape index (κ1) is 11.5. The van der Waals surface area contributed by atoms with Gasteiger partial charge < -0.3 is 15.2 Å². The van der Waals surface area contributed by atoms with Gasteiger partial charge in [-0.25, -0.2) is 0 Å². The van der Waals surface area contributed by atoms with Crippen LogP contribution in [-0.4, -0.2) is 37.4 Å². The van der Waals surface area contributed by atoms with E-state index in [2.05, 4.69) is 10.1 Å². The van der Waals surface area contributed by atoms with E-state index in [1.165, 1.54) is 7.11 Å². The van der Waals surface area contributed by atoms with Crippen LogP contribution in [0.2, 0.25) is 0 Å². The predicted molar refractivity (Wildman–Crippen MR) is 52.9 cm³/mol. The van der Waals surface area contributed by atoms with Crippen molar-refractivity contribution >= 4 is 5.97 Å². The molecule has 1 fully saturated rings. The van der Waals surface area contributed by atoms with Crippen molar-refractivity contribution in [2.24, 2.45) is 5.92 Å². The van der Waals surface area contributed by atoms with E-state index in [4.69, 9.17) is 5.11 Å². The zero-order chi connectivity index (χ0) is 10.4. The Morgan fingerprint density at radius 2 is 2.29 bits per heavy atom. The molecular formula is C10H19NO3. The van der Waals surface area contributed by atoms with Crippen molar-refractivity contribution < 1.29 is 14.6 Å². The smallest absolute Gasteiger partial charge is 0.305 e. The van der Waals surface area contributed by atoms with Crippen LogP contribution in [0.25, 0.3) is 0 Å². The highest BCUT2D eigenvalue weighted by Crippen LogP contribution is 2.25. The van der Waals surface area contributed by atoms with Crippen molar-refractivity contribution in [3.05, 3.63) is 0 Å². The van der Waals surface area contributed by atoms with Gasteiger partial charge in [0.2, 0.25) is 0 Å². The van der Waals surface area contributed by atoms with E-state index in [-0.39, 0.29) is 12.1 Å². The second-order valence-electron chi connectivity index (χ2n) is 3.88. The molecule has 4 heteroatoms. The molecule has 82 valence electrons. The fourth-order valence-corrected chi connectivity index (χ4v) is 1.63. The molecule has 14 heavy (non-hydrogen) atoms. The first-order chi connectivity index (χ1) is 6.72. The second kappa shape index (κ2) is 5.98. The minimum Gasteiger partial charge on any atom is -0.469 e. The van der Waals surface area contributed by atoms with E-state index in [9.17, 15) is 4.79 Å². The quantitative estimate of drug-likeness (QED) is 0.479. The molecule has 0 aromatic rings. The van der Waals surface area contributed by atoms with Gasteiger partial charge in [0.1, 0.15) is 0 Å². The van der Waals surface area contributed by atoms with E-state index in [0.717, 1.165) is 32.4 Å². The molecule has 0 heterocycles. The van der Waals surface area contributed by atoms with E-state index in [0.29, 0.717) is 12.3 Å². The molecule has 0 bridgehead atoms. The third kappa shape index (κ3) is 4.07. The second-order valence-corrected chi connectivity index (χ2v) is 3.88. The molecule has 2 N–H and O–H groups in total. The summed E-state index contributed by atoms with van der Waals surface area (Å²) in [5.74, 6) is 0.481. The molecule has 4 nitrogen and oxygen atoms in total. The summed E-state index contributed by atoms with van der Waals surface area (Å²) >= 11 is 0. The van der Waals surface area contributed by atoms with Gasteiger partial charge >= 0.3 is 5.97 Å². The van der Waals surface area contributed by atoms with Crippen LogP contribution in [0.3, 0.4) is 0 Å². The highest BCUT2D eigenvalue weighted by atomic mass is 16.5. The molecule has 1 aliphatic rings. The van der Waals surface area contributed by atoms with E-state index in [1.807, 2.05) is 0 Å². The molecule has 0 atom stereocenters. The highest BCUT2D eigenvalue weighted by molar-refractivity contribution is 5.68. The van der Waals surface area contributed by atoms with Crippen molar-refractivity contribution in [2.75, 3.05) is 20.2 Å². The van der Waals surface area contributed by atoms with Crippen LogP contribution >= 0.6 is 0 Å². The number of ether oxygens (including phenoxy) is 1. The van der Waals surface area contributed by atoms with Crippen molar-refractivity contribution in [2.45, 2.75) is 31.8 Å². The Morgan fingerprint density at radius 3 is 2.86 bits per heavy atom. The Kier molecular flexibility index (Phi) is 4.90. The number of nitrogens with one attached hydrogen (secondary N) is 1. The van der Waals surface area contributed by atoms with Gasteiger partial charge in [-0.15, -0.1) is 0 Å². The summed E-state index contributed by atoms with van der Waals surface area (Å²) < 4.78 is 4.52. The number of rotatable bonds is 6. The van der Waals surface area contributed by atoms with Crippen LogP contribution in [0.5, 0.6) is 0 Å². The number of methoxy groups -OCH3 is 1. The van der Waals surface area contributed by atoms with Gasteiger partial charge in [0.15, 0.2) is 0 Å². The minimum absolute atomic E-state index is 0.0723. The van der Waals surface area contributed by atoms with Gasteiger partial charge in [0.25, 0.3) is 0 Å². The average Bonchev–Trinajstić information content (AvgIpc) is 2.13. The summed E-state index contributed by atoms with van der Waals surface area (Å²) in [6.45, 7) is 1.81. The third-order valence-electron chi connectivity index (χ3n) is 2.61. The molecule has 0 aromatic carbocycles. The van der Waals surface area contributed by atoms with Crippen LogP contribution in [-0.2, 0) is 9.53 Å². The lowest BCUT2D eigenvalue weighted by Gasteiger charge is -2.31. The molecule has 0 amide bonds. The van der Waals surface area contributed by atoms with Crippen LogP contribution in [0.1, 0.15) is 25.7 Å². The molecule has 0 aliphatic heterocycles. The fourth-order valence-electron chi connectivity index (χ4n) is 1.63. The number of aliphatic hydroxyl groups is 1. The molecule has 1 rings (SSSR count). The summed E-state index contributed by atoms with van der Waals surface area (Å²) in [6.07, 6.45) is 3.07. The van der Waals surface area contributed by atoms with E-state index in [1.54, 1.807) is 0 Å². The summed E-state index contributed by atoms with van der Waals surface area (Å²) in [5, 5.41) is 12.3. The van der Waals surface area contributed by atoms with Crippen LogP contribution in [0.4, 0.5) is 0 Å². The number of aliphatic hydroxyl groups excluding tert-OH is 1. The molecule has 0 saturated heterocycles. The number of carbonyl (C=O) groups excluding carboxylic acids is 1. The minimum atomic E-state index is -0.147. The third-order valence-corrected chi connectivity index (χ3v) is 2.61. The number of hydrogen-bond donors (Lipinski definition) is 2. The Bertz CT molecular complexity index is 178. The summed E-state index contributed by atoms with van der Waals surface area (Å²) in [4.78, 5) is 10.7. The Morgan fingerprint density at radius 1 is 1.57 bits per heavy atom. The first-order valence-electron chi connectivity index (χ1n) is 5.18. The van der Waals surface area contributed by atoms with Gasteiger partial charge in [0.05, 0.1) is 13.2 Å². The topological polar surface area (TPSA) is 58.6 Å². The predicted octanol–water partition coefficient (Wildman–Crippen LogP) is 0.300. The van der Waals surface area contributed by atoms with Gasteiger partial charge in [-0.2, -0.15) is 0 Å². The molecule has 1 aliphatic carbocycles. The molecule has 0 unspecified atom stereocenters. The number of hydrogen-bond acceptors (Lipinski definition) is 4. The molecular weight excluding hydrogens is 182 g/mol. The lowest BCUT2D eigenvalue weighted by atomic mass is 9.82. The lowest BCUT2D eigenvalue weighted by Crippen LogP contribution is -2.36. The first-order valence-corrected chi connectivity index (χ1v) is 5.18. The number of esters is 1. The number of carbonyl (C=O) groups is 1.